The van der Waals surface area contributed by atoms with E-state index in [1.54, 1.807) is 11.0 Å². The molecule has 1 saturated heterocycles. The van der Waals surface area contributed by atoms with Gasteiger partial charge in [-0.15, -0.1) is 0 Å². The van der Waals surface area contributed by atoms with E-state index in [1.165, 1.54) is 11.9 Å². The van der Waals surface area contributed by atoms with E-state index in [0.717, 1.165) is 42.8 Å². The van der Waals surface area contributed by atoms with E-state index in [4.69, 9.17) is 4.98 Å². The number of H-pyrrole nitrogens is 1. The summed E-state index contributed by atoms with van der Waals surface area (Å²) in [6, 6.07) is 6.18. The van der Waals surface area contributed by atoms with Crippen LogP contribution in [-0.2, 0) is 11.3 Å². The predicted molar refractivity (Wildman–Crippen MR) is 94.0 cm³/mol. The van der Waals surface area contributed by atoms with Crippen molar-refractivity contribution in [2.24, 2.45) is 0 Å². The van der Waals surface area contributed by atoms with Crippen molar-refractivity contribution < 1.29 is 4.79 Å². The summed E-state index contributed by atoms with van der Waals surface area (Å²) < 4.78 is 1.70. The molecule has 0 aliphatic carbocycles. The number of nitrogens with one attached hydrogen (secondary N) is 1. The summed E-state index contributed by atoms with van der Waals surface area (Å²) in [4.78, 5) is 26.6. The number of benzene rings is 1. The number of nitrogens with zero attached hydrogens (tertiary/aromatic N) is 5. The lowest BCUT2D eigenvalue weighted by Crippen LogP contribution is -2.39. The first kappa shape index (κ1) is 15.8. The number of aryl methyl sites for hydroxylation is 2. The first-order valence-electron chi connectivity index (χ1n) is 8.76. The molecule has 1 aromatic carbocycles. The van der Waals surface area contributed by atoms with Gasteiger partial charge in [0.15, 0.2) is 0 Å². The molecule has 1 fully saturated rings. The lowest BCUT2D eigenvalue weighted by molar-refractivity contribution is -0.132. The number of hydrogen-bond acceptors (Lipinski definition) is 4. The van der Waals surface area contributed by atoms with Crippen molar-refractivity contribution in [3.63, 3.8) is 0 Å². The standard InChI is InChI=1S/C18H22N6O/c1-13-4-2-6-15-17(13)22-18(21-15)14-5-3-8-23(10-14)16(25)7-9-24-12-19-11-20-24/h2,4,6,11-12,14H,3,5,7-10H2,1H3,(H,21,22). The Morgan fingerprint density at radius 1 is 1.40 bits per heavy atom. The van der Waals surface area contributed by atoms with Crippen molar-refractivity contribution in [2.45, 2.75) is 38.6 Å². The molecule has 2 aromatic heterocycles. The Hall–Kier alpha value is -2.70. The minimum absolute atomic E-state index is 0.174. The second kappa shape index (κ2) is 6.66. The van der Waals surface area contributed by atoms with Crippen molar-refractivity contribution in [1.29, 1.82) is 0 Å². The van der Waals surface area contributed by atoms with Gasteiger partial charge in [0.1, 0.15) is 18.5 Å². The molecule has 3 aromatic rings. The molecule has 25 heavy (non-hydrogen) atoms. The number of piperidine rings is 1. The van der Waals surface area contributed by atoms with E-state index >= 15 is 0 Å². The molecule has 1 amide bonds. The number of para-hydroxylation sites is 1. The third-order valence-corrected chi connectivity index (χ3v) is 4.91. The Labute approximate surface area is 146 Å². The van der Waals surface area contributed by atoms with E-state index in [2.05, 4.69) is 34.1 Å². The Bertz CT molecular complexity index is 869. The highest BCUT2D eigenvalue weighted by molar-refractivity contribution is 5.79. The molecule has 0 saturated carbocycles. The molecule has 3 heterocycles. The lowest BCUT2D eigenvalue weighted by Gasteiger charge is -2.32. The second-order valence-corrected chi connectivity index (χ2v) is 6.68. The average molecular weight is 338 g/mol. The molecular weight excluding hydrogens is 316 g/mol. The van der Waals surface area contributed by atoms with Crippen LogP contribution >= 0.6 is 0 Å². The average Bonchev–Trinajstić information content (AvgIpc) is 3.30. The van der Waals surface area contributed by atoms with E-state index in [9.17, 15) is 4.79 Å². The van der Waals surface area contributed by atoms with Crippen LogP contribution in [0.2, 0.25) is 0 Å². The van der Waals surface area contributed by atoms with Crippen LogP contribution in [0.25, 0.3) is 11.0 Å². The third-order valence-electron chi connectivity index (χ3n) is 4.91. The van der Waals surface area contributed by atoms with Crippen LogP contribution in [0.15, 0.2) is 30.9 Å². The van der Waals surface area contributed by atoms with Crippen LogP contribution in [-0.4, -0.2) is 48.6 Å². The van der Waals surface area contributed by atoms with Crippen LogP contribution in [0.1, 0.15) is 36.6 Å². The van der Waals surface area contributed by atoms with Gasteiger partial charge >= 0.3 is 0 Å². The van der Waals surface area contributed by atoms with Crippen LogP contribution in [0, 0.1) is 6.92 Å². The maximum atomic E-state index is 12.5. The normalized spacial score (nSPS) is 18.0. The molecular formula is C18H22N6O. The summed E-state index contributed by atoms with van der Waals surface area (Å²) in [6.45, 7) is 4.21. The fourth-order valence-electron chi connectivity index (χ4n) is 3.53. The van der Waals surface area contributed by atoms with Crippen LogP contribution < -0.4 is 0 Å². The monoisotopic (exact) mass is 338 g/mol. The minimum Gasteiger partial charge on any atom is -0.342 e. The summed E-state index contributed by atoms with van der Waals surface area (Å²) in [5.74, 6) is 1.45. The molecule has 4 rings (SSSR count). The fraction of sp³-hybridized carbons (Fsp3) is 0.444. The fourth-order valence-corrected chi connectivity index (χ4v) is 3.53. The van der Waals surface area contributed by atoms with Gasteiger partial charge in [-0.25, -0.2) is 9.97 Å². The van der Waals surface area contributed by atoms with Crippen LogP contribution in [0.4, 0.5) is 0 Å². The smallest absolute Gasteiger partial charge is 0.224 e. The zero-order valence-corrected chi connectivity index (χ0v) is 14.4. The van der Waals surface area contributed by atoms with Gasteiger partial charge < -0.3 is 9.88 Å². The number of rotatable bonds is 4. The SMILES string of the molecule is Cc1cccc2[nH]c(C3CCCN(C(=O)CCn4cncn4)C3)nc12. The molecule has 1 atom stereocenters. The number of fused-ring (bicyclic) bond motifs is 1. The summed E-state index contributed by atoms with van der Waals surface area (Å²) in [5, 5.41) is 4.05. The van der Waals surface area contributed by atoms with E-state index < -0.39 is 0 Å². The highest BCUT2D eigenvalue weighted by atomic mass is 16.2. The van der Waals surface area contributed by atoms with Crippen molar-refractivity contribution in [3.8, 4) is 0 Å². The summed E-state index contributed by atoms with van der Waals surface area (Å²) in [7, 11) is 0. The molecule has 1 N–H and O–H groups in total. The number of likely N-dealkylation sites (tertiary alicyclic amines) is 1. The highest BCUT2D eigenvalue weighted by Gasteiger charge is 2.26. The molecule has 0 radical (unpaired) electrons. The zero-order chi connectivity index (χ0) is 17.2. The van der Waals surface area contributed by atoms with Gasteiger partial charge in [0, 0.05) is 25.4 Å². The van der Waals surface area contributed by atoms with E-state index in [1.807, 2.05) is 11.0 Å². The van der Waals surface area contributed by atoms with Gasteiger partial charge in [-0.2, -0.15) is 5.10 Å². The molecule has 7 heteroatoms. The highest BCUT2D eigenvalue weighted by Crippen LogP contribution is 2.27. The maximum Gasteiger partial charge on any atom is 0.224 e. The summed E-state index contributed by atoms with van der Waals surface area (Å²) in [5.41, 5.74) is 3.29. The molecule has 0 bridgehead atoms. The molecule has 7 nitrogen and oxygen atoms in total. The first-order chi connectivity index (χ1) is 12.2. The Morgan fingerprint density at radius 2 is 2.32 bits per heavy atom. The molecule has 1 aliphatic rings. The molecule has 0 spiro atoms. The van der Waals surface area contributed by atoms with Gasteiger partial charge in [0.25, 0.3) is 0 Å². The number of aromatic nitrogens is 5. The summed E-state index contributed by atoms with van der Waals surface area (Å²) in [6.07, 6.45) is 5.66. The maximum absolute atomic E-state index is 12.5. The summed E-state index contributed by atoms with van der Waals surface area (Å²) >= 11 is 0. The number of carbonyl (C=O) groups excluding carboxylic acids is 1. The zero-order valence-electron chi connectivity index (χ0n) is 14.4. The number of hydrogen-bond donors (Lipinski definition) is 1. The van der Waals surface area contributed by atoms with Gasteiger partial charge in [-0.1, -0.05) is 12.1 Å². The Morgan fingerprint density at radius 3 is 3.12 bits per heavy atom. The van der Waals surface area contributed by atoms with Crippen LogP contribution in [0.3, 0.4) is 0 Å². The first-order valence-corrected chi connectivity index (χ1v) is 8.76. The number of imidazole rings is 1. The molecule has 1 aliphatic heterocycles. The van der Waals surface area contributed by atoms with Crippen molar-refractivity contribution >= 4 is 16.9 Å². The predicted octanol–water partition coefficient (Wildman–Crippen LogP) is 2.26. The van der Waals surface area contributed by atoms with Gasteiger partial charge in [0.05, 0.1) is 17.6 Å². The number of aromatic amines is 1. The largest absolute Gasteiger partial charge is 0.342 e. The van der Waals surface area contributed by atoms with Crippen molar-refractivity contribution in [1.82, 2.24) is 29.6 Å². The van der Waals surface area contributed by atoms with Crippen LogP contribution in [0.5, 0.6) is 0 Å². The third kappa shape index (κ3) is 3.26. The number of carbonyl (C=O) groups is 1. The number of amides is 1. The van der Waals surface area contributed by atoms with E-state index in [-0.39, 0.29) is 11.8 Å². The lowest BCUT2D eigenvalue weighted by atomic mass is 9.97. The Balaban J connectivity index is 1.44. The van der Waals surface area contributed by atoms with Gasteiger partial charge in [-0.3, -0.25) is 9.48 Å². The molecule has 130 valence electrons. The second-order valence-electron chi connectivity index (χ2n) is 6.68. The van der Waals surface area contributed by atoms with Gasteiger partial charge in [-0.05, 0) is 31.4 Å². The van der Waals surface area contributed by atoms with Gasteiger partial charge in [0.2, 0.25) is 5.91 Å². The topological polar surface area (TPSA) is 79.7 Å². The Kier molecular flexibility index (Phi) is 4.21. The van der Waals surface area contributed by atoms with Crippen molar-refractivity contribution in [2.75, 3.05) is 13.1 Å². The van der Waals surface area contributed by atoms with Crippen molar-refractivity contribution in [3.05, 3.63) is 42.2 Å². The quantitative estimate of drug-likeness (QED) is 0.791. The minimum atomic E-state index is 0.174. The molecule has 1 unspecified atom stereocenters. The van der Waals surface area contributed by atoms with E-state index in [0.29, 0.717) is 13.0 Å².